The van der Waals surface area contributed by atoms with Gasteiger partial charge in [-0.15, -0.1) is 0 Å². The summed E-state index contributed by atoms with van der Waals surface area (Å²) in [6.07, 6.45) is 4.23. The van der Waals surface area contributed by atoms with Crippen LogP contribution in [-0.2, 0) is 10.0 Å². The molecule has 1 atom stereocenters. The van der Waals surface area contributed by atoms with E-state index in [1.807, 2.05) is 19.9 Å². The number of nitrogens with one attached hydrogen (secondary N) is 1. The van der Waals surface area contributed by atoms with Gasteiger partial charge in [-0.1, -0.05) is 35.7 Å². The molecule has 1 N–H and O–H groups in total. The monoisotopic (exact) mass is 423 g/mol. The number of aryl methyl sites for hydroxylation is 1. The van der Waals surface area contributed by atoms with E-state index in [2.05, 4.69) is 36.6 Å². The molecule has 1 saturated carbocycles. The third kappa shape index (κ3) is 4.06. The SMILES string of the molecule is CCC(CC1CC1)NS(=O)(=O)c1cc(Br)c(C)cc1Br. The summed E-state index contributed by atoms with van der Waals surface area (Å²) in [6.45, 7) is 3.95. The van der Waals surface area contributed by atoms with Crippen molar-refractivity contribution >= 4 is 41.9 Å². The maximum Gasteiger partial charge on any atom is 0.241 e. The number of hydrogen-bond acceptors (Lipinski definition) is 2. The Morgan fingerprint density at radius 2 is 1.95 bits per heavy atom. The molecule has 1 unspecified atom stereocenters. The van der Waals surface area contributed by atoms with Crippen molar-refractivity contribution in [2.24, 2.45) is 5.92 Å². The summed E-state index contributed by atoms with van der Waals surface area (Å²) in [7, 11) is -3.49. The Labute approximate surface area is 137 Å². The molecule has 0 saturated heterocycles. The van der Waals surface area contributed by atoms with Crippen LogP contribution in [0.2, 0.25) is 0 Å². The Kier molecular flexibility index (Phi) is 5.32. The Morgan fingerprint density at radius 3 is 2.50 bits per heavy atom. The lowest BCUT2D eigenvalue weighted by atomic mass is 10.1. The summed E-state index contributed by atoms with van der Waals surface area (Å²) in [6, 6.07) is 3.51. The largest absolute Gasteiger partial charge is 0.241 e. The smallest absolute Gasteiger partial charge is 0.208 e. The summed E-state index contributed by atoms with van der Waals surface area (Å²) >= 11 is 6.75. The molecule has 1 fully saturated rings. The summed E-state index contributed by atoms with van der Waals surface area (Å²) in [5.74, 6) is 0.704. The lowest BCUT2D eigenvalue weighted by molar-refractivity contribution is 0.495. The van der Waals surface area contributed by atoms with E-state index in [1.165, 1.54) is 12.8 Å². The van der Waals surface area contributed by atoms with Crippen LogP contribution in [-0.4, -0.2) is 14.5 Å². The van der Waals surface area contributed by atoms with Crippen molar-refractivity contribution in [3.8, 4) is 0 Å². The standard InChI is InChI=1S/C14H19Br2NO2S/c1-3-11(7-10-4-5-10)17-20(18,19)14-8-12(15)9(2)6-13(14)16/h6,8,10-11,17H,3-5,7H2,1-2H3. The molecule has 1 aliphatic rings. The molecule has 1 aromatic carbocycles. The molecule has 0 amide bonds. The lowest BCUT2D eigenvalue weighted by Crippen LogP contribution is -2.35. The van der Waals surface area contributed by atoms with Gasteiger partial charge >= 0.3 is 0 Å². The number of halogens is 2. The molecule has 3 nitrogen and oxygen atoms in total. The molecule has 1 aliphatic carbocycles. The molecule has 0 heterocycles. The molecule has 0 spiro atoms. The fourth-order valence-electron chi connectivity index (χ4n) is 2.17. The van der Waals surface area contributed by atoms with Gasteiger partial charge in [0.25, 0.3) is 0 Å². The van der Waals surface area contributed by atoms with Crippen molar-refractivity contribution in [3.05, 3.63) is 26.6 Å². The van der Waals surface area contributed by atoms with Crippen molar-refractivity contribution in [1.29, 1.82) is 0 Å². The fraction of sp³-hybridized carbons (Fsp3) is 0.571. The molecule has 0 aromatic heterocycles. The fourth-order valence-corrected chi connectivity index (χ4v) is 5.18. The average Bonchev–Trinajstić information content (AvgIpc) is 3.16. The third-order valence-corrected chi connectivity index (χ3v) is 6.97. The van der Waals surface area contributed by atoms with E-state index < -0.39 is 10.0 Å². The van der Waals surface area contributed by atoms with Crippen LogP contribution in [0.3, 0.4) is 0 Å². The molecule has 2 rings (SSSR count). The Bertz CT molecular complexity index is 597. The van der Waals surface area contributed by atoms with E-state index in [1.54, 1.807) is 6.07 Å². The predicted octanol–water partition coefficient (Wildman–Crippen LogP) is 4.38. The van der Waals surface area contributed by atoms with Gasteiger partial charge in [-0.3, -0.25) is 0 Å². The van der Waals surface area contributed by atoms with Gasteiger partial charge in [0.05, 0.1) is 4.90 Å². The summed E-state index contributed by atoms with van der Waals surface area (Å²) < 4.78 is 29.3. The van der Waals surface area contributed by atoms with Crippen LogP contribution in [0, 0.1) is 12.8 Å². The van der Waals surface area contributed by atoms with Crippen molar-refractivity contribution in [3.63, 3.8) is 0 Å². The summed E-state index contributed by atoms with van der Waals surface area (Å²) in [4.78, 5) is 0.296. The van der Waals surface area contributed by atoms with Gasteiger partial charge in [0, 0.05) is 15.0 Å². The zero-order chi connectivity index (χ0) is 14.9. The highest BCUT2D eigenvalue weighted by atomic mass is 79.9. The Hall–Kier alpha value is 0.0900. The minimum absolute atomic E-state index is 0.0273. The van der Waals surface area contributed by atoms with Crippen molar-refractivity contribution < 1.29 is 8.42 Å². The number of hydrogen-bond donors (Lipinski definition) is 1. The highest BCUT2D eigenvalue weighted by Crippen LogP contribution is 2.35. The molecule has 0 radical (unpaired) electrons. The first-order chi connectivity index (χ1) is 9.33. The summed E-state index contributed by atoms with van der Waals surface area (Å²) in [5, 5.41) is 0. The van der Waals surface area contributed by atoms with Crippen LogP contribution in [0.5, 0.6) is 0 Å². The number of benzene rings is 1. The molecular formula is C14H19Br2NO2S. The van der Waals surface area contributed by atoms with Crippen LogP contribution >= 0.6 is 31.9 Å². The topological polar surface area (TPSA) is 46.2 Å². The number of rotatable bonds is 6. The van der Waals surface area contributed by atoms with E-state index in [9.17, 15) is 8.42 Å². The Balaban J connectivity index is 2.22. The van der Waals surface area contributed by atoms with Crippen LogP contribution < -0.4 is 4.72 Å². The van der Waals surface area contributed by atoms with Gasteiger partial charge in [-0.2, -0.15) is 0 Å². The van der Waals surface area contributed by atoms with Crippen LogP contribution in [0.4, 0.5) is 0 Å². The lowest BCUT2D eigenvalue weighted by Gasteiger charge is -2.18. The third-order valence-electron chi connectivity index (χ3n) is 3.63. The normalized spacial score (nSPS) is 17.2. The van der Waals surface area contributed by atoms with Crippen LogP contribution in [0.25, 0.3) is 0 Å². The number of sulfonamides is 1. The van der Waals surface area contributed by atoms with E-state index in [0.29, 0.717) is 15.3 Å². The zero-order valence-electron chi connectivity index (χ0n) is 11.6. The molecule has 0 aliphatic heterocycles. The maximum absolute atomic E-state index is 12.5. The van der Waals surface area contributed by atoms with Crippen molar-refractivity contribution in [1.82, 2.24) is 4.72 Å². The van der Waals surface area contributed by atoms with Gasteiger partial charge < -0.3 is 0 Å². The quantitative estimate of drug-likeness (QED) is 0.736. The highest BCUT2D eigenvalue weighted by molar-refractivity contribution is 9.11. The van der Waals surface area contributed by atoms with Gasteiger partial charge in [-0.25, -0.2) is 13.1 Å². The predicted molar refractivity (Wildman–Crippen MR) is 88.3 cm³/mol. The second kappa shape index (κ2) is 6.46. The molecule has 0 bridgehead atoms. The first-order valence-electron chi connectivity index (χ1n) is 6.81. The van der Waals surface area contributed by atoms with Gasteiger partial charge in [0.15, 0.2) is 0 Å². The zero-order valence-corrected chi connectivity index (χ0v) is 15.6. The van der Waals surface area contributed by atoms with E-state index >= 15 is 0 Å². The maximum atomic E-state index is 12.5. The molecular weight excluding hydrogens is 406 g/mol. The summed E-state index contributed by atoms with van der Waals surface area (Å²) in [5.41, 5.74) is 1.00. The van der Waals surface area contributed by atoms with Crippen LogP contribution in [0.15, 0.2) is 26.0 Å². The highest BCUT2D eigenvalue weighted by Gasteiger charge is 2.28. The molecule has 1 aromatic rings. The first kappa shape index (κ1) is 16.5. The van der Waals surface area contributed by atoms with Crippen LogP contribution in [0.1, 0.15) is 38.2 Å². The van der Waals surface area contributed by atoms with Gasteiger partial charge in [-0.05, 0) is 59.3 Å². The second-order valence-corrected chi connectivity index (χ2v) is 8.83. The molecule has 20 heavy (non-hydrogen) atoms. The van der Waals surface area contributed by atoms with Crippen molar-refractivity contribution in [2.45, 2.75) is 50.5 Å². The molecule has 6 heteroatoms. The van der Waals surface area contributed by atoms with Gasteiger partial charge in [0.2, 0.25) is 10.0 Å². The Morgan fingerprint density at radius 1 is 1.30 bits per heavy atom. The minimum Gasteiger partial charge on any atom is -0.208 e. The second-order valence-electron chi connectivity index (χ2n) is 5.44. The van der Waals surface area contributed by atoms with E-state index in [4.69, 9.17) is 0 Å². The average molecular weight is 425 g/mol. The van der Waals surface area contributed by atoms with Gasteiger partial charge in [0.1, 0.15) is 0 Å². The van der Waals surface area contributed by atoms with E-state index in [0.717, 1.165) is 22.9 Å². The van der Waals surface area contributed by atoms with Crippen molar-refractivity contribution in [2.75, 3.05) is 0 Å². The first-order valence-corrected chi connectivity index (χ1v) is 9.88. The minimum atomic E-state index is -3.49. The molecule has 112 valence electrons. The van der Waals surface area contributed by atoms with E-state index in [-0.39, 0.29) is 6.04 Å².